The molecule has 0 amide bonds. The van der Waals surface area contributed by atoms with Gasteiger partial charge in [0.05, 0.1) is 47.0 Å². The Morgan fingerprint density at radius 3 is 2.50 bits per heavy atom. The fraction of sp³-hybridized carbons (Fsp3) is 0.167. The van der Waals surface area contributed by atoms with Crippen molar-refractivity contribution in [3.63, 3.8) is 0 Å². The standard InChI is InChI=1S/C18H17ClN2O4S/c1-25-18-7-4-14(12-16(18)19)21-17(8-9-20-21)13-2-5-15(6-3-13)26(23,24)11-10-22/h2-9,12,22H,10-11H2,1H3. The molecule has 6 nitrogen and oxygen atoms in total. The Hall–Kier alpha value is -2.35. The summed E-state index contributed by atoms with van der Waals surface area (Å²) in [5.41, 5.74) is 2.35. The molecule has 1 heterocycles. The number of benzene rings is 2. The van der Waals surface area contributed by atoms with Crippen LogP contribution in [0.25, 0.3) is 16.9 Å². The molecule has 3 rings (SSSR count). The van der Waals surface area contributed by atoms with E-state index in [1.165, 1.54) is 12.1 Å². The Kier molecular flexibility index (Phi) is 5.31. The van der Waals surface area contributed by atoms with E-state index in [4.69, 9.17) is 21.4 Å². The lowest BCUT2D eigenvalue weighted by Gasteiger charge is -2.10. The number of methoxy groups -OCH3 is 1. The predicted octanol–water partition coefficient (Wildman–Crippen LogP) is 2.97. The predicted molar refractivity (Wildman–Crippen MR) is 99.7 cm³/mol. The maximum Gasteiger partial charge on any atom is 0.180 e. The van der Waals surface area contributed by atoms with Crippen LogP contribution in [-0.4, -0.2) is 42.8 Å². The van der Waals surface area contributed by atoms with Crippen LogP contribution < -0.4 is 4.74 Å². The minimum Gasteiger partial charge on any atom is -0.495 e. The second-order valence-corrected chi connectivity index (χ2v) is 8.03. The van der Waals surface area contributed by atoms with E-state index < -0.39 is 16.4 Å². The summed E-state index contributed by atoms with van der Waals surface area (Å²) in [7, 11) is -1.93. The van der Waals surface area contributed by atoms with Crippen molar-refractivity contribution in [3.8, 4) is 22.7 Å². The highest BCUT2D eigenvalue weighted by Crippen LogP contribution is 2.29. The van der Waals surface area contributed by atoms with Crippen LogP contribution >= 0.6 is 11.6 Å². The second-order valence-electron chi connectivity index (χ2n) is 5.51. The maximum atomic E-state index is 12.0. The van der Waals surface area contributed by atoms with Gasteiger partial charge < -0.3 is 9.84 Å². The van der Waals surface area contributed by atoms with Gasteiger partial charge in [-0.05, 0) is 36.4 Å². The number of sulfone groups is 1. The molecular weight excluding hydrogens is 376 g/mol. The third-order valence-corrected chi connectivity index (χ3v) is 5.90. The number of aromatic nitrogens is 2. The van der Waals surface area contributed by atoms with E-state index in [9.17, 15) is 8.42 Å². The van der Waals surface area contributed by atoms with Gasteiger partial charge in [0.15, 0.2) is 9.84 Å². The van der Waals surface area contributed by atoms with Crippen LogP contribution in [-0.2, 0) is 9.84 Å². The molecule has 0 spiro atoms. The topological polar surface area (TPSA) is 81.4 Å². The van der Waals surface area contributed by atoms with Gasteiger partial charge >= 0.3 is 0 Å². The van der Waals surface area contributed by atoms with E-state index in [2.05, 4.69) is 5.10 Å². The van der Waals surface area contributed by atoms with E-state index in [0.717, 1.165) is 16.9 Å². The molecule has 1 aromatic heterocycles. The fourth-order valence-corrected chi connectivity index (χ4v) is 3.86. The molecule has 0 atom stereocenters. The summed E-state index contributed by atoms with van der Waals surface area (Å²) >= 11 is 6.19. The number of aliphatic hydroxyl groups excluding tert-OH is 1. The zero-order chi connectivity index (χ0) is 18.7. The molecule has 136 valence electrons. The first-order chi connectivity index (χ1) is 12.5. The van der Waals surface area contributed by atoms with Gasteiger partial charge in [-0.1, -0.05) is 23.7 Å². The quantitative estimate of drug-likeness (QED) is 0.697. The van der Waals surface area contributed by atoms with Crippen molar-refractivity contribution in [2.24, 2.45) is 0 Å². The van der Waals surface area contributed by atoms with Gasteiger partial charge in [-0.3, -0.25) is 0 Å². The Balaban J connectivity index is 1.97. The number of ether oxygens (including phenoxy) is 1. The molecule has 0 aliphatic carbocycles. The summed E-state index contributed by atoms with van der Waals surface area (Å²) in [4.78, 5) is 0.175. The van der Waals surface area contributed by atoms with E-state index >= 15 is 0 Å². The highest BCUT2D eigenvalue weighted by Gasteiger charge is 2.15. The lowest BCUT2D eigenvalue weighted by atomic mass is 10.1. The summed E-state index contributed by atoms with van der Waals surface area (Å²) in [6.45, 7) is -0.408. The van der Waals surface area contributed by atoms with Crippen molar-refractivity contribution in [2.75, 3.05) is 19.5 Å². The molecule has 0 saturated heterocycles. The lowest BCUT2D eigenvalue weighted by Crippen LogP contribution is -2.09. The van der Waals surface area contributed by atoms with Crippen LogP contribution in [0.4, 0.5) is 0 Å². The lowest BCUT2D eigenvalue weighted by molar-refractivity contribution is 0.319. The molecule has 26 heavy (non-hydrogen) atoms. The van der Waals surface area contributed by atoms with Gasteiger partial charge in [-0.15, -0.1) is 0 Å². The Morgan fingerprint density at radius 2 is 1.88 bits per heavy atom. The van der Waals surface area contributed by atoms with Crippen molar-refractivity contribution in [1.29, 1.82) is 0 Å². The van der Waals surface area contributed by atoms with Gasteiger partial charge in [0.1, 0.15) is 5.75 Å². The van der Waals surface area contributed by atoms with E-state index in [1.807, 2.05) is 12.1 Å². The molecule has 1 N–H and O–H groups in total. The molecule has 0 aliphatic rings. The van der Waals surface area contributed by atoms with Crippen LogP contribution in [0.5, 0.6) is 5.75 Å². The monoisotopic (exact) mass is 392 g/mol. The number of hydrogen-bond donors (Lipinski definition) is 1. The third-order valence-electron chi connectivity index (χ3n) is 3.89. The van der Waals surface area contributed by atoms with Crippen LogP contribution in [0.3, 0.4) is 0 Å². The normalized spacial score (nSPS) is 11.5. The minimum absolute atomic E-state index is 0.175. The summed E-state index contributed by atoms with van der Waals surface area (Å²) in [6.07, 6.45) is 1.66. The minimum atomic E-state index is -3.48. The average Bonchev–Trinajstić information content (AvgIpc) is 3.11. The Morgan fingerprint density at radius 1 is 1.15 bits per heavy atom. The molecule has 0 fully saturated rings. The van der Waals surface area contributed by atoms with E-state index in [1.54, 1.807) is 42.3 Å². The molecule has 0 unspecified atom stereocenters. The van der Waals surface area contributed by atoms with Gasteiger partial charge in [-0.2, -0.15) is 5.10 Å². The molecule has 0 saturated carbocycles. The maximum absolute atomic E-state index is 12.0. The molecule has 0 aliphatic heterocycles. The van der Waals surface area contributed by atoms with E-state index in [-0.39, 0.29) is 10.6 Å². The van der Waals surface area contributed by atoms with Crippen molar-refractivity contribution in [3.05, 3.63) is 59.8 Å². The first-order valence-corrected chi connectivity index (χ1v) is 9.81. The van der Waals surface area contributed by atoms with Gasteiger partial charge in [0, 0.05) is 5.56 Å². The van der Waals surface area contributed by atoms with E-state index in [0.29, 0.717) is 10.8 Å². The number of hydrogen-bond acceptors (Lipinski definition) is 5. The summed E-state index contributed by atoms with van der Waals surface area (Å²) in [5, 5.41) is 13.7. The molecular formula is C18H17ClN2O4S. The van der Waals surface area contributed by atoms with Crippen LogP contribution in [0.15, 0.2) is 59.6 Å². The first-order valence-electron chi connectivity index (χ1n) is 7.78. The largest absolute Gasteiger partial charge is 0.495 e. The summed E-state index contributed by atoms with van der Waals surface area (Å²) in [5.74, 6) is 0.275. The number of aliphatic hydroxyl groups is 1. The smallest absolute Gasteiger partial charge is 0.180 e. The molecule has 0 bridgehead atoms. The fourth-order valence-electron chi connectivity index (χ4n) is 2.59. The second kappa shape index (κ2) is 7.49. The summed E-state index contributed by atoms with van der Waals surface area (Å²) in [6, 6.07) is 13.6. The summed E-state index contributed by atoms with van der Waals surface area (Å²) < 4.78 is 30.9. The molecule has 3 aromatic rings. The van der Waals surface area contributed by atoms with Crippen molar-refractivity contribution >= 4 is 21.4 Å². The average molecular weight is 393 g/mol. The molecule has 2 aromatic carbocycles. The van der Waals surface area contributed by atoms with Gasteiger partial charge in [0.2, 0.25) is 0 Å². The SMILES string of the molecule is COc1ccc(-n2nccc2-c2ccc(S(=O)(=O)CCO)cc2)cc1Cl. The van der Waals surface area contributed by atoms with Crippen molar-refractivity contribution < 1.29 is 18.3 Å². The van der Waals surface area contributed by atoms with Gasteiger partial charge in [0.25, 0.3) is 0 Å². The first kappa shape index (κ1) is 18.4. The third kappa shape index (κ3) is 3.60. The van der Waals surface area contributed by atoms with Crippen LogP contribution in [0.2, 0.25) is 5.02 Å². The van der Waals surface area contributed by atoms with Crippen molar-refractivity contribution in [2.45, 2.75) is 4.90 Å². The molecule has 8 heteroatoms. The highest BCUT2D eigenvalue weighted by molar-refractivity contribution is 7.91. The Bertz CT molecular complexity index is 1010. The number of nitrogens with zero attached hydrogens (tertiary/aromatic N) is 2. The highest BCUT2D eigenvalue weighted by atomic mass is 35.5. The van der Waals surface area contributed by atoms with Gasteiger partial charge in [-0.25, -0.2) is 13.1 Å². The van der Waals surface area contributed by atoms with Crippen LogP contribution in [0.1, 0.15) is 0 Å². The Labute approximate surface area is 156 Å². The van der Waals surface area contributed by atoms with Crippen LogP contribution in [0, 0.1) is 0 Å². The zero-order valence-corrected chi connectivity index (χ0v) is 15.5. The zero-order valence-electron chi connectivity index (χ0n) is 14.0. The van der Waals surface area contributed by atoms with Crippen molar-refractivity contribution in [1.82, 2.24) is 9.78 Å². The number of rotatable bonds is 6. The molecule has 0 radical (unpaired) electrons. The number of halogens is 1.